The molecule has 0 bridgehead atoms. The molecule has 108 valence electrons. The van der Waals surface area contributed by atoms with Crippen LogP contribution < -0.4 is 9.47 Å². The van der Waals surface area contributed by atoms with Crippen LogP contribution in [0.1, 0.15) is 30.4 Å². The topological polar surface area (TPSA) is 21.7 Å². The van der Waals surface area contributed by atoms with Crippen molar-refractivity contribution in [1.82, 2.24) is 4.90 Å². The molecule has 1 aromatic rings. The number of hydrogen-bond acceptors (Lipinski definition) is 3. The first kappa shape index (κ1) is 13.5. The van der Waals surface area contributed by atoms with Crippen LogP contribution in [-0.4, -0.2) is 38.8 Å². The van der Waals surface area contributed by atoms with Gasteiger partial charge in [0.05, 0.1) is 14.2 Å². The highest BCUT2D eigenvalue weighted by molar-refractivity contribution is 5.69. The zero-order valence-corrected chi connectivity index (χ0v) is 12.4. The van der Waals surface area contributed by atoms with Gasteiger partial charge in [0.1, 0.15) is 11.5 Å². The van der Waals surface area contributed by atoms with Crippen LogP contribution in [0.2, 0.25) is 0 Å². The Labute approximate surface area is 121 Å². The Morgan fingerprint density at radius 3 is 2.40 bits per heavy atom. The van der Waals surface area contributed by atoms with Gasteiger partial charge < -0.3 is 9.47 Å². The first-order valence-electron chi connectivity index (χ1n) is 7.47. The summed E-state index contributed by atoms with van der Waals surface area (Å²) in [5.74, 6) is 1.94. The molecule has 1 aromatic carbocycles. The molecule has 0 atom stereocenters. The van der Waals surface area contributed by atoms with Gasteiger partial charge in [-0.15, -0.1) is 0 Å². The molecule has 1 aliphatic carbocycles. The van der Waals surface area contributed by atoms with E-state index in [1.807, 2.05) is 12.1 Å². The number of nitrogens with zero attached hydrogens (tertiary/aromatic N) is 1. The van der Waals surface area contributed by atoms with Crippen molar-refractivity contribution in [1.29, 1.82) is 0 Å². The smallest absolute Gasteiger partial charge is 0.126 e. The normalized spacial score (nSPS) is 18.6. The lowest BCUT2D eigenvalue weighted by atomic mass is 9.90. The Kier molecular flexibility index (Phi) is 3.97. The number of benzene rings is 1. The van der Waals surface area contributed by atoms with Gasteiger partial charge in [-0.1, -0.05) is 11.6 Å². The molecule has 0 aromatic heterocycles. The van der Waals surface area contributed by atoms with Gasteiger partial charge in [0.2, 0.25) is 0 Å². The summed E-state index contributed by atoms with van der Waals surface area (Å²) in [7, 11) is 3.48. The first-order valence-corrected chi connectivity index (χ1v) is 7.47. The molecule has 0 spiro atoms. The summed E-state index contributed by atoms with van der Waals surface area (Å²) in [6, 6.07) is 4.02. The van der Waals surface area contributed by atoms with Crippen LogP contribution in [0.4, 0.5) is 0 Å². The van der Waals surface area contributed by atoms with Crippen LogP contribution in [0.15, 0.2) is 17.7 Å². The minimum Gasteiger partial charge on any atom is -0.496 e. The SMILES string of the molecule is COc1ccc(OC)c2c1C=C(CN1CCCC1)CC2. The average Bonchev–Trinajstić information content (AvgIpc) is 2.99. The molecule has 1 heterocycles. The first-order chi connectivity index (χ1) is 9.81. The van der Waals surface area contributed by atoms with Crippen LogP contribution >= 0.6 is 0 Å². The van der Waals surface area contributed by atoms with Crippen molar-refractivity contribution >= 4 is 6.08 Å². The monoisotopic (exact) mass is 273 g/mol. The van der Waals surface area contributed by atoms with Crippen molar-refractivity contribution in [3.05, 3.63) is 28.8 Å². The van der Waals surface area contributed by atoms with Crippen LogP contribution in [0.25, 0.3) is 6.08 Å². The van der Waals surface area contributed by atoms with Gasteiger partial charge in [-0.3, -0.25) is 4.90 Å². The van der Waals surface area contributed by atoms with Gasteiger partial charge >= 0.3 is 0 Å². The molecule has 20 heavy (non-hydrogen) atoms. The Balaban J connectivity index is 1.89. The molecule has 3 rings (SSSR count). The van der Waals surface area contributed by atoms with E-state index in [0.29, 0.717) is 0 Å². The molecule has 0 radical (unpaired) electrons. The van der Waals surface area contributed by atoms with E-state index < -0.39 is 0 Å². The molecular formula is C17H23NO2. The predicted octanol–water partition coefficient (Wildman–Crippen LogP) is 3.13. The summed E-state index contributed by atoms with van der Waals surface area (Å²) in [6.45, 7) is 3.61. The maximum Gasteiger partial charge on any atom is 0.126 e. The largest absolute Gasteiger partial charge is 0.496 e. The van der Waals surface area contributed by atoms with E-state index in [9.17, 15) is 0 Å². The van der Waals surface area contributed by atoms with Crippen molar-refractivity contribution in [3.8, 4) is 11.5 Å². The lowest BCUT2D eigenvalue weighted by Crippen LogP contribution is -2.23. The van der Waals surface area contributed by atoms with Crippen molar-refractivity contribution in [2.24, 2.45) is 0 Å². The minimum atomic E-state index is 0.958. The van der Waals surface area contributed by atoms with Crippen molar-refractivity contribution in [3.63, 3.8) is 0 Å². The molecule has 1 aliphatic heterocycles. The van der Waals surface area contributed by atoms with Gasteiger partial charge in [0, 0.05) is 17.7 Å². The van der Waals surface area contributed by atoms with Gasteiger partial charge in [0.25, 0.3) is 0 Å². The fraction of sp³-hybridized carbons (Fsp3) is 0.529. The van der Waals surface area contributed by atoms with Crippen LogP contribution in [0, 0.1) is 0 Å². The van der Waals surface area contributed by atoms with Crippen LogP contribution in [0.3, 0.4) is 0 Å². The quantitative estimate of drug-likeness (QED) is 0.841. The van der Waals surface area contributed by atoms with Gasteiger partial charge in [0.15, 0.2) is 0 Å². The zero-order chi connectivity index (χ0) is 13.9. The highest BCUT2D eigenvalue weighted by Gasteiger charge is 2.20. The molecule has 1 fully saturated rings. The third kappa shape index (κ3) is 2.55. The zero-order valence-electron chi connectivity index (χ0n) is 12.4. The van der Waals surface area contributed by atoms with E-state index in [2.05, 4.69) is 11.0 Å². The van der Waals surface area contributed by atoms with Crippen LogP contribution in [-0.2, 0) is 6.42 Å². The molecular weight excluding hydrogens is 250 g/mol. The van der Waals surface area contributed by atoms with Crippen molar-refractivity contribution in [2.45, 2.75) is 25.7 Å². The van der Waals surface area contributed by atoms with Gasteiger partial charge in [-0.2, -0.15) is 0 Å². The number of methoxy groups -OCH3 is 2. The van der Waals surface area contributed by atoms with E-state index in [4.69, 9.17) is 9.47 Å². The van der Waals surface area contributed by atoms with E-state index in [1.54, 1.807) is 14.2 Å². The molecule has 0 N–H and O–H groups in total. The van der Waals surface area contributed by atoms with E-state index >= 15 is 0 Å². The molecule has 0 unspecified atom stereocenters. The molecule has 0 saturated carbocycles. The lowest BCUT2D eigenvalue weighted by molar-refractivity contribution is 0.364. The lowest BCUT2D eigenvalue weighted by Gasteiger charge is -2.24. The van der Waals surface area contributed by atoms with Crippen molar-refractivity contribution < 1.29 is 9.47 Å². The number of rotatable bonds is 4. The third-order valence-electron chi connectivity index (χ3n) is 4.38. The average molecular weight is 273 g/mol. The molecule has 1 saturated heterocycles. The second kappa shape index (κ2) is 5.88. The predicted molar refractivity (Wildman–Crippen MR) is 81.5 cm³/mol. The van der Waals surface area contributed by atoms with Crippen molar-refractivity contribution in [2.75, 3.05) is 33.9 Å². The summed E-state index contributed by atoms with van der Waals surface area (Å²) < 4.78 is 11.0. The second-order valence-corrected chi connectivity index (χ2v) is 5.65. The molecule has 3 nitrogen and oxygen atoms in total. The molecule has 3 heteroatoms. The van der Waals surface area contributed by atoms with E-state index in [-0.39, 0.29) is 0 Å². The summed E-state index contributed by atoms with van der Waals surface area (Å²) in [6.07, 6.45) is 7.20. The Morgan fingerprint density at radius 1 is 1.00 bits per heavy atom. The summed E-state index contributed by atoms with van der Waals surface area (Å²) >= 11 is 0. The summed E-state index contributed by atoms with van der Waals surface area (Å²) in [5, 5.41) is 0. The standard InChI is InChI=1S/C17H23NO2/c1-19-16-7-8-17(20-2)15-11-13(5-6-14(15)16)12-18-9-3-4-10-18/h7-8,11H,3-6,9-10,12H2,1-2H3. The third-order valence-corrected chi connectivity index (χ3v) is 4.38. The maximum atomic E-state index is 5.52. The van der Waals surface area contributed by atoms with Gasteiger partial charge in [-0.05, 0) is 50.9 Å². The Morgan fingerprint density at radius 2 is 1.70 bits per heavy atom. The van der Waals surface area contributed by atoms with Crippen LogP contribution in [0.5, 0.6) is 11.5 Å². The second-order valence-electron chi connectivity index (χ2n) is 5.65. The number of ether oxygens (including phenoxy) is 2. The number of likely N-dealkylation sites (tertiary alicyclic amines) is 1. The van der Waals surface area contributed by atoms with E-state index in [1.165, 1.54) is 42.6 Å². The Bertz CT molecular complexity index is 516. The fourth-order valence-electron chi connectivity index (χ4n) is 3.32. The summed E-state index contributed by atoms with van der Waals surface area (Å²) in [4.78, 5) is 2.56. The highest BCUT2D eigenvalue weighted by atomic mass is 16.5. The summed E-state index contributed by atoms with van der Waals surface area (Å²) in [5.41, 5.74) is 4.02. The molecule has 0 amide bonds. The number of hydrogen-bond donors (Lipinski definition) is 0. The number of fused-ring (bicyclic) bond motifs is 1. The fourth-order valence-corrected chi connectivity index (χ4v) is 3.32. The Hall–Kier alpha value is -1.48. The van der Waals surface area contributed by atoms with E-state index in [0.717, 1.165) is 30.9 Å². The minimum absolute atomic E-state index is 0.958. The van der Waals surface area contributed by atoms with Gasteiger partial charge in [-0.25, -0.2) is 0 Å². The maximum absolute atomic E-state index is 5.52. The molecule has 2 aliphatic rings. The highest BCUT2D eigenvalue weighted by Crippen LogP contribution is 2.37.